The predicted octanol–water partition coefficient (Wildman–Crippen LogP) is 17.6. The van der Waals surface area contributed by atoms with Crippen LogP contribution in [0, 0.1) is 22.7 Å². The van der Waals surface area contributed by atoms with Gasteiger partial charge in [0.15, 0.2) is 0 Å². The number of benzene rings is 9. The minimum absolute atomic E-state index is 0.516. The van der Waals surface area contributed by atoms with E-state index in [1.54, 1.807) is 0 Å². The van der Waals surface area contributed by atoms with Gasteiger partial charge in [-0.05, 0) is 115 Å². The molecule has 0 atom stereocenters. The number of anilines is 6. The SMILES string of the molecule is CC(C)(C)c1c(C#N)c(N(c2ccc(-c3ccccc3)cc2)c2ccc(-c3ccccc3)cc2)c(N(c2ccc(-c3ccccc3)cc2)c2ccc(-c3ccccc3)cc2)c(C#N)c1C(C)(C)C. The molecule has 4 heteroatoms. The largest absolute Gasteiger partial charge is 0.307 e. The summed E-state index contributed by atoms with van der Waals surface area (Å²) in [5.41, 5.74) is 15.0. The second-order valence-electron chi connectivity index (χ2n) is 19.2. The van der Waals surface area contributed by atoms with Crippen molar-refractivity contribution in [3.8, 4) is 56.6 Å². The van der Waals surface area contributed by atoms with Crippen LogP contribution in [0.5, 0.6) is 0 Å². The van der Waals surface area contributed by atoms with Crippen molar-refractivity contribution >= 4 is 34.1 Å². The summed E-state index contributed by atoms with van der Waals surface area (Å²) in [7, 11) is 0. The maximum absolute atomic E-state index is 11.9. The summed E-state index contributed by atoms with van der Waals surface area (Å²) in [5, 5.41) is 23.9. The van der Waals surface area contributed by atoms with E-state index in [-0.39, 0.29) is 0 Å². The molecule has 330 valence electrons. The van der Waals surface area contributed by atoms with Crippen molar-refractivity contribution in [3.05, 3.63) is 241 Å². The van der Waals surface area contributed by atoms with E-state index in [0.29, 0.717) is 22.5 Å². The minimum atomic E-state index is -0.536. The quantitative estimate of drug-likeness (QED) is 0.137. The Balaban J connectivity index is 1.40. The van der Waals surface area contributed by atoms with Crippen LogP contribution in [0.15, 0.2) is 218 Å². The highest BCUT2D eigenvalue weighted by Gasteiger charge is 2.39. The van der Waals surface area contributed by atoms with Crippen molar-refractivity contribution in [2.24, 2.45) is 0 Å². The van der Waals surface area contributed by atoms with Gasteiger partial charge in [-0.3, -0.25) is 0 Å². The highest BCUT2D eigenvalue weighted by molar-refractivity contribution is 5.99. The first kappa shape index (κ1) is 44.7. The van der Waals surface area contributed by atoms with Gasteiger partial charge in [0.05, 0.1) is 22.5 Å². The van der Waals surface area contributed by atoms with Crippen LogP contribution in [0.25, 0.3) is 44.5 Å². The molecule has 0 radical (unpaired) electrons. The summed E-state index contributed by atoms with van der Waals surface area (Å²) in [6.07, 6.45) is 0. The van der Waals surface area contributed by atoms with Crippen LogP contribution in [-0.2, 0) is 10.8 Å². The normalized spacial score (nSPS) is 11.4. The molecule has 4 nitrogen and oxygen atoms in total. The van der Waals surface area contributed by atoms with Crippen LogP contribution < -0.4 is 9.80 Å². The summed E-state index contributed by atoms with van der Waals surface area (Å²) >= 11 is 0. The lowest BCUT2D eigenvalue weighted by Gasteiger charge is -2.40. The fourth-order valence-corrected chi connectivity index (χ4v) is 9.43. The van der Waals surface area contributed by atoms with Crippen LogP contribution in [0.3, 0.4) is 0 Å². The Morgan fingerprint density at radius 1 is 0.279 bits per heavy atom. The van der Waals surface area contributed by atoms with Gasteiger partial charge in [-0.15, -0.1) is 0 Å². The average molecular weight is 879 g/mol. The summed E-state index contributed by atoms with van der Waals surface area (Å²) in [5.74, 6) is 0. The van der Waals surface area contributed by atoms with Gasteiger partial charge >= 0.3 is 0 Å². The first-order valence-corrected chi connectivity index (χ1v) is 23.2. The molecule has 9 aromatic carbocycles. The standard InChI is InChI=1S/C64H54N4/c1-63(2,3)59-57(43-65)61(67(53-35-27-49(28-36-53)45-19-11-7-12-20-45)54-37-29-50(30-38-54)46-21-13-8-14-22-46)62(58(44-66)60(59)64(4,5)6)68(55-39-31-51(32-40-55)47-23-15-9-16-24-47)56-41-33-52(34-42-56)48-25-17-10-18-26-48/h7-42H,1-6H3. The van der Waals surface area contributed by atoms with Gasteiger partial charge in [-0.2, -0.15) is 10.5 Å². The maximum atomic E-state index is 11.9. The molecule has 0 bridgehead atoms. The van der Waals surface area contributed by atoms with Gasteiger partial charge in [0, 0.05) is 22.7 Å². The van der Waals surface area contributed by atoms with Gasteiger partial charge in [-0.1, -0.05) is 211 Å². The molecule has 0 spiro atoms. The topological polar surface area (TPSA) is 54.1 Å². The first-order valence-electron chi connectivity index (χ1n) is 23.2. The molecule has 0 fully saturated rings. The van der Waals surface area contributed by atoms with Crippen molar-refractivity contribution in [1.82, 2.24) is 0 Å². The average Bonchev–Trinajstić information content (AvgIpc) is 3.37. The Kier molecular flexibility index (Phi) is 12.4. The summed E-state index contributed by atoms with van der Waals surface area (Å²) < 4.78 is 0. The van der Waals surface area contributed by atoms with E-state index >= 15 is 0 Å². The molecule has 0 aliphatic heterocycles. The molecule has 0 N–H and O–H groups in total. The Hall–Kier alpha value is -8.44. The molecule has 0 aliphatic carbocycles. The van der Waals surface area contributed by atoms with Gasteiger partial charge in [0.1, 0.15) is 12.1 Å². The molecular weight excluding hydrogens is 825 g/mol. The summed E-state index contributed by atoms with van der Waals surface area (Å²) in [4.78, 5) is 4.40. The zero-order valence-electron chi connectivity index (χ0n) is 39.6. The molecule has 9 rings (SSSR count). The van der Waals surface area contributed by atoms with E-state index < -0.39 is 10.8 Å². The van der Waals surface area contributed by atoms with Crippen LogP contribution in [0.1, 0.15) is 63.8 Å². The van der Waals surface area contributed by atoms with Crippen molar-refractivity contribution in [3.63, 3.8) is 0 Å². The Labute approximate surface area is 402 Å². The second kappa shape index (κ2) is 18.8. The molecular formula is C64H54N4. The molecule has 68 heavy (non-hydrogen) atoms. The Morgan fingerprint density at radius 2 is 0.471 bits per heavy atom. The fraction of sp³-hybridized carbons (Fsp3) is 0.125. The molecule has 0 aliphatic rings. The smallest absolute Gasteiger partial charge is 0.102 e. The molecule has 0 amide bonds. The Morgan fingerprint density at radius 3 is 0.647 bits per heavy atom. The number of hydrogen-bond donors (Lipinski definition) is 0. The number of hydrogen-bond acceptors (Lipinski definition) is 4. The molecule has 0 saturated carbocycles. The zero-order chi connectivity index (χ0) is 47.4. The Bertz CT molecular complexity index is 2850. The van der Waals surface area contributed by atoms with Crippen molar-refractivity contribution in [2.75, 3.05) is 9.80 Å². The lowest BCUT2D eigenvalue weighted by Crippen LogP contribution is -2.29. The second-order valence-corrected chi connectivity index (χ2v) is 19.2. The van der Waals surface area contributed by atoms with Crippen LogP contribution >= 0.6 is 0 Å². The number of nitrogens with zero attached hydrogens (tertiary/aromatic N) is 4. The van der Waals surface area contributed by atoms with E-state index in [1.807, 2.05) is 24.3 Å². The van der Waals surface area contributed by atoms with Gasteiger partial charge in [-0.25, -0.2) is 0 Å². The lowest BCUT2D eigenvalue weighted by atomic mass is 9.70. The minimum Gasteiger partial charge on any atom is -0.307 e. The third-order valence-corrected chi connectivity index (χ3v) is 12.5. The van der Waals surface area contributed by atoms with Crippen LogP contribution in [-0.4, -0.2) is 0 Å². The molecule has 0 aromatic heterocycles. The number of nitriles is 2. The van der Waals surface area contributed by atoms with E-state index in [0.717, 1.165) is 78.4 Å². The highest BCUT2D eigenvalue weighted by Crippen LogP contribution is 2.55. The van der Waals surface area contributed by atoms with Crippen molar-refractivity contribution < 1.29 is 0 Å². The van der Waals surface area contributed by atoms with E-state index in [4.69, 9.17) is 0 Å². The molecule has 0 unspecified atom stereocenters. The summed E-state index contributed by atoms with van der Waals surface area (Å²) in [6.45, 7) is 12.9. The lowest BCUT2D eigenvalue weighted by molar-refractivity contribution is 0.528. The predicted molar refractivity (Wildman–Crippen MR) is 284 cm³/mol. The monoisotopic (exact) mass is 878 g/mol. The van der Waals surface area contributed by atoms with Gasteiger partial charge in [0.25, 0.3) is 0 Å². The molecule has 0 saturated heterocycles. The van der Waals surface area contributed by atoms with Gasteiger partial charge < -0.3 is 9.80 Å². The fourth-order valence-electron chi connectivity index (χ4n) is 9.43. The van der Waals surface area contributed by atoms with E-state index in [1.165, 1.54) is 0 Å². The van der Waals surface area contributed by atoms with Crippen molar-refractivity contribution in [1.29, 1.82) is 10.5 Å². The third kappa shape index (κ3) is 8.93. The third-order valence-electron chi connectivity index (χ3n) is 12.5. The molecule has 0 heterocycles. The highest BCUT2D eigenvalue weighted by atomic mass is 15.2. The van der Waals surface area contributed by atoms with Crippen LogP contribution in [0.4, 0.5) is 34.1 Å². The zero-order valence-corrected chi connectivity index (χ0v) is 39.6. The van der Waals surface area contributed by atoms with Crippen molar-refractivity contribution in [2.45, 2.75) is 52.4 Å². The van der Waals surface area contributed by atoms with E-state index in [2.05, 4.69) is 258 Å². The maximum Gasteiger partial charge on any atom is 0.102 e. The van der Waals surface area contributed by atoms with E-state index in [9.17, 15) is 10.5 Å². The number of rotatable bonds is 10. The molecule has 9 aromatic rings. The summed E-state index contributed by atoms with van der Waals surface area (Å²) in [6, 6.07) is 81.3. The first-order chi connectivity index (χ1) is 32.9. The van der Waals surface area contributed by atoms with Gasteiger partial charge in [0.2, 0.25) is 0 Å². The van der Waals surface area contributed by atoms with Crippen LogP contribution in [0.2, 0.25) is 0 Å².